The highest BCUT2D eigenvalue weighted by molar-refractivity contribution is 5.81. The van der Waals surface area contributed by atoms with Crippen LogP contribution in [0, 0.1) is 5.92 Å². The Morgan fingerprint density at radius 1 is 1.59 bits per heavy atom. The van der Waals surface area contributed by atoms with Crippen molar-refractivity contribution in [3.63, 3.8) is 0 Å². The number of hydrogen-bond donors (Lipinski definition) is 1. The van der Waals surface area contributed by atoms with Gasteiger partial charge in [-0.1, -0.05) is 6.07 Å². The molecule has 0 unspecified atom stereocenters. The van der Waals surface area contributed by atoms with Crippen LogP contribution in [0.1, 0.15) is 24.4 Å². The van der Waals surface area contributed by atoms with Crippen LogP contribution in [0.25, 0.3) is 0 Å². The quantitative estimate of drug-likeness (QED) is 0.831. The minimum absolute atomic E-state index is 0.0173. The van der Waals surface area contributed by atoms with Crippen LogP contribution in [0.2, 0.25) is 0 Å². The van der Waals surface area contributed by atoms with Crippen molar-refractivity contribution in [2.24, 2.45) is 5.92 Å². The molecule has 1 aromatic rings. The average molecular weight is 234 g/mol. The number of carboxylic acids is 1. The van der Waals surface area contributed by atoms with Gasteiger partial charge in [0.1, 0.15) is 0 Å². The molecule has 1 aliphatic heterocycles. The van der Waals surface area contributed by atoms with Crippen molar-refractivity contribution < 1.29 is 14.7 Å². The van der Waals surface area contributed by atoms with Crippen molar-refractivity contribution in [3.8, 4) is 0 Å². The Hall–Kier alpha value is -1.91. The van der Waals surface area contributed by atoms with E-state index in [-0.39, 0.29) is 5.91 Å². The number of pyridine rings is 1. The first-order valence-electron chi connectivity index (χ1n) is 5.49. The molecule has 0 saturated carbocycles. The molecule has 1 fully saturated rings. The summed E-state index contributed by atoms with van der Waals surface area (Å²) in [4.78, 5) is 28.4. The van der Waals surface area contributed by atoms with Gasteiger partial charge >= 0.3 is 5.97 Å². The van der Waals surface area contributed by atoms with E-state index in [0.29, 0.717) is 12.8 Å². The zero-order valence-corrected chi connectivity index (χ0v) is 9.54. The van der Waals surface area contributed by atoms with Gasteiger partial charge in [-0.2, -0.15) is 0 Å². The van der Waals surface area contributed by atoms with Crippen LogP contribution < -0.4 is 0 Å². The third-order valence-electron chi connectivity index (χ3n) is 3.20. The van der Waals surface area contributed by atoms with Gasteiger partial charge < -0.3 is 10.0 Å². The summed E-state index contributed by atoms with van der Waals surface area (Å²) in [7, 11) is 1.65. The number of piperidine rings is 1. The molecule has 0 spiro atoms. The topological polar surface area (TPSA) is 70.5 Å². The number of amides is 1. The SMILES string of the molecule is CN1C(=O)CC[C@H](C(=O)O)[C@H]1c1cccnc1. The Balaban J connectivity index is 2.37. The molecule has 1 amide bonds. The van der Waals surface area contributed by atoms with Gasteiger partial charge in [0, 0.05) is 25.9 Å². The van der Waals surface area contributed by atoms with Crippen LogP contribution in [0.5, 0.6) is 0 Å². The Morgan fingerprint density at radius 3 is 2.94 bits per heavy atom. The molecule has 0 aliphatic carbocycles. The zero-order chi connectivity index (χ0) is 12.4. The van der Waals surface area contributed by atoms with E-state index in [0.717, 1.165) is 5.56 Å². The predicted molar refractivity (Wildman–Crippen MR) is 60.1 cm³/mol. The third-order valence-corrected chi connectivity index (χ3v) is 3.20. The highest BCUT2D eigenvalue weighted by atomic mass is 16.4. The molecule has 5 nitrogen and oxygen atoms in total. The average Bonchev–Trinajstić information content (AvgIpc) is 2.33. The largest absolute Gasteiger partial charge is 0.481 e. The molecule has 0 bridgehead atoms. The van der Waals surface area contributed by atoms with E-state index in [9.17, 15) is 14.7 Å². The Labute approximate surface area is 99.1 Å². The van der Waals surface area contributed by atoms with Gasteiger partial charge in [0.05, 0.1) is 12.0 Å². The first-order chi connectivity index (χ1) is 8.11. The minimum Gasteiger partial charge on any atom is -0.481 e. The third kappa shape index (κ3) is 2.13. The predicted octanol–water partition coefficient (Wildman–Crippen LogP) is 1.08. The second kappa shape index (κ2) is 4.53. The molecular weight excluding hydrogens is 220 g/mol. The van der Waals surface area contributed by atoms with E-state index in [1.165, 1.54) is 4.90 Å². The Morgan fingerprint density at radius 2 is 2.35 bits per heavy atom. The molecule has 2 rings (SSSR count). The van der Waals surface area contributed by atoms with E-state index in [4.69, 9.17) is 0 Å². The summed E-state index contributed by atoms with van der Waals surface area (Å²) in [5.41, 5.74) is 0.774. The summed E-state index contributed by atoms with van der Waals surface area (Å²) >= 11 is 0. The van der Waals surface area contributed by atoms with Crippen LogP contribution in [0.4, 0.5) is 0 Å². The standard InChI is InChI=1S/C12H14N2O3/c1-14-10(15)5-4-9(12(16)17)11(14)8-3-2-6-13-7-8/h2-3,6-7,9,11H,4-5H2,1H3,(H,16,17)/t9-,11+/m0/s1. The van der Waals surface area contributed by atoms with Crippen LogP contribution >= 0.6 is 0 Å². The second-order valence-electron chi connectivity index (χ2n) is 4.22. The van der Waals surface area contributed by atoms with E-state index in [2.05, 4.69) is 4.98 Å². The number of rotatable bonds is 2. The lowest BCUT2D eigenvalue weighted by molar-refractivity contribution is -0.150. The molecule has 1 aromatic heterocycles. The number of aliphatic carboxylic acids is 1. The summed E-state index contributed by atoms with van der Waals surface area (Å²) in [6.45, 7) is 0. The molecule has 0 radical (unpaired) electrons. The van der Waals surface area contributed by atoms with E-state index in [1.54, 1.807) is 25.5 Å². The Bertz CT molecular complexity index is 433. The molecule has 5 heteroatoms. The number of carbonyl (C=O) groups excluding carboxylic acids is 1. The van der Waals surface area contributed by atoms with Crippen molar-refractivity contribution in [3.05, 3.63) is 30.1 Å². The van der Waals surface area contributed by atoms with Gasteiger partial charge in [-0.15, -0.1) is 0 Å². The van der Waals surface area contributed by atoms with Crippen LogP contribution in [0.3, 0.4) is 0 Å². The van der Waals surface area contributed by atoms with Gasteiger partial charge in [-0.05, 0) is 18.1 Å². The van der Waals surface area contributed by atoms with Gasteiger partial charge in [-0.25, -0.2) is 0 Å². The number of nitrogens with zero attached hydrogens (tertiary/aromatic N) is 2. The lowest BCUT2D eigenvalue weighted by Crippen LogP contribution is -2.43. The van der Waals surface area contributed by atoms with Crippen molar-refractivity contribution in [1.82, 2.24) is 9.88 Å². The summed E-state index contributed by atoms with van der Waals surface area (Å²) in [5, 5.41) is 9.22. The molecule has 1 N–H and O–H groups in total. The number of carboxylic acid groups (broad SMARTS) is 1. The smallest absolute Gasteiger partial charge is 0.308 e. The fourth-order valence-electron chi connectivity index (χ4n) is 2.30. The van der Waals surface area contributed by atoms with Gasteiger partial charge in [0.2, 0.25) is 5.91 Å². The van der Waals surface area contributed by atoms with Crippen molar-refractivity contribution in [2.45, 2.75) is 18.9 Å². The van der Waals surface area contributed by atoms with Gasteiger partial charge in [0.15, 0.2) is 0 Å². The fraction of sp³-hybridized carbons (Fsp3) is 0.417. The monoisotopic (exact) mass is 234 g/mol. The van der Waals surface area contributed by atoms with E-state index < -0.39 is 17.9 Å². The number of aromatic nitrogens is 1. The molecular formula is C12H14N2O3. The maximum Gasteiger partial charge on any atom is 0.308 e. The number of hydrogen-bond acceptors (Lipinski definition) is 3. The molecule has 1 saturated heterocycles. The lowest BCUT2D eigenvalue weighted by Gasteiger charge is -2.37. The first-order valence-corrected chi connectivity index (χ1v) is 5.49. The molecule has 90 valence electrons. The molecule has 2 atom stereocenters. The van der Waals surface area contributed by atoms with E-state index >= 15 is 0 Å². The first kappa shape index (κ1) is 11.6. The maximum atomic E-state index is 11.7. The molecule has 1 aliphatic rings. The Kier molecular flexibility index (Phi) is 3.08. The number of likely N-dealkylation sites (tertiary alicyclic amines) is 1. The van der Waals surface area contributed by atoms with Crippen molar-refractivity contribution in [2.75, 3.05) is 7.05 Å². The second-order valence-corrected chi connectivity index (χ2v) is 4.22. The molecule has 0 aromatic carbocycles. The highest BCUT2D eigenvalue weighted by Crippen LogP contribution is 2.35. The maximum absolute atomic E-state index is 11.7. The van der Waals surface area contributed by atoms with Crippen LogP contribution in [-0.4, -0.2) is 33.9 Å². The van der Waals surface area contributed by atoms with Crippen molar-refractivity contribution >= 4 is 11.9 Å². The summed E-state index contributed by atoms with van der Waals surface area (Å²) in [5.74, 6) is -1.43. The normalized spacial score (nSPS) is 24.8. The van der Waals surface area contributed by atoms with Crippen molar-refractivity contribution in [1.29, 1.82) is 0 Å². The number of carbonyl (C=O) groups is 2. The molecule has 17 heavy (non-hydrogen) atoms. The summed E-state index contributed by atoms with van der Waals surface area (Å²) in [6.07, 6.45) is 3.93. The van der Waals surface area contributed by atoms with Crippen LogP contribution in [0.15, 0.2) is 24.5 Å². The zero-order valence-electron chi connectivity index (χ0n) is 9.54. The lowest BCUT2D eigenvalue weighted by atomic mass is 9.85. The summed E-state index contributed by atoms with van der Waals surface area (Å²) in [6, 6.07) is 3.14. The van der Waals surface area contributed by atoms with E-state index in [1.807, 2.05) is 6.07 Å². The fourth-order valence-corrected chi connectivity index (χ4v) is 2.30. The van der Waals surface area contributed by atoms with Gasteiger partial charge in [0.25, 0.3) is 0 Å². The van der Waals surface area contributed by atoms with Crippen LogP contribution in [-0.2, 0) is 9.59 Å². The minimum atomic E-state index is -0.863. The highest BCUT2D eigenvalue weighted by Gasteiger charge is 2.38. The summed E-state index contributed by atoms with van der Waals surface area (Å²) < 4.78 is 0. The molecule has 2 heterocycles. The van der Waals surface area contributed by atoms with Gasteiger partial charge in [-0.3, -0.25) is 14.6 Å².